The van der Waals surface area contributed by atoms with Crippen LogP contribution in [0.25, 0.3) is 11.4 Å². The van der Waals surface area contributed by atoms with Crippen LogP contribution >= 0.6 is 0 Å². The molecule has 2 aromatic rings. The Labute approximate surface area is 112 Å². The van der Waals surface area contributed by atoms with E-state index in [0.717, 1.165) is 48.8 Å². The van der Waals surface area contributed by atoms with Gasteiger partial charge in [-0.05, 0) is 19.8 Å². The minimum Gasteiger partial charge on any atom is -0.355 e. The van der Waals surface area contributed by atoms with Crippen LogP contribution in [0, 0.1) is 6.92 Å². The number of anilines is 1. The lowest BCUT2D eigenvalue weighted by molar-refractivity contribution is 0.498. The molecule has 0 bridgehead atoms. The molecule has 0 aromatic carbocycles. The van der Waals surface area contributed by atoms with Crippen LogP contribution in [0.2, 0.25) is 0 Å². The molecule has 1 fully saturated rings. The van der Waals surface area contributed by atoms with Crippen molar-refractivity contribution >= 4 is 5.82 Å². The smallest absolute Gasteiger partial charge is 0.151 e. The third kappa shape index (κ3) is 2.44. The van der Waals surface area contributed by atoms with Crippen LogP contribution in [-0.4, -0.2) is 39.3 Å². The summed E-state index contributed by atoms with van der Waals surface area (Å²) in [4.78, 5) is 10.9. The van der Waals surface area contributed by atoms with Gasteiger partial charge in [0.2, 0.25) is 0 Å². The fourth-order valence-electron chi connectivity index (χ4n) is 2.40. The van der Waals surface area contributed by atoms with Crippen LogP contribution in [0.3, 0.4) is 0 Å². The van der Waals surface area contributed by atoms with Gasteiger partial charge in [-0.2, -0.15) is 5.10 Å². The number of H-pyrrole nitrogens is 1. The molecule has 3 heterocycles. The first kappa shape index (κ1) is 12.1. The zero-order valence-electron chi connectivity index (χ0n) is 11.0. The summed E-state index contributed by atoms with van der Waals surface area (Å²) >= 11 is 0. The van der Waals surface area contributed by atoms with Gasteiger partial charge in [-0.3, -0.25) is 15.1 Å². The van der Waals surface area contributed by atoms with Gasteiger partial charge in [-0.25, -0.2) is 0 Å². The second kappa shape index (κ2) is 4.97. The van der Waals surface area contributed by atoms with Gasteiger partial charge in [-0.1, -0.05) is 0 Å². The number of rotatable bonds is 2. The summed E-state index contributed by atoms with van der Waals surface area (Å²) in [6.45, 7) is 3.87. The summed E-state index contributed by atoms with van der Waals surface area (Å²) in [7, 11) is 0. The van der Waals surface area contributed by atoms with Crippen molar-refractivity contribution in [3.63, 3.8) is 0 Å². The van der Waals surface area contributed by atoms with Crippen LogP contribution in [0.5, 0.6) is 0 Å². The van der Waals surface area contributed by atoms with E-state index in [2.05, 4.69) is 25.1 Å². The first-order chi connectivity index (χ1) is 9.24. The third-order valence-corrected chi connectivity index (χ3v) is 3.56. The molecule has 19 heavy (non-hydrogen) atoms. The van der Waals surface area contributed by atoms with Crippen LogP contribution < -0.4 is 10.6 Å². The van der Waals surface area contributed by atoms with E-state index in [1.807, 2.05) is 13.0 Å². The van der Waals surface area contributed by atoms with Crippen LogP contribution in [-0.2, 0) is 0 Å². The molecule has 3 rings (SSSR count). The van der Waals surface area contributed by atoms with Crippen molar-refractivity contribution in [1.82, 2.24) is 20.2 Å². The molecule has 2 aromatic heterocycles. The number of hydrogen-bond acceptors (Lipinski definition) is 5. The van der Waals surface area contributed by atoms with Gasteiger partial charge >= 0.3 is 0 Å². The lowest BCUT2D eigenvalue weighted by Gasteiger charge is -2.29. The molecular weight excluding hydrogens is 240 g/mol. The molecule has 6 nitrogen and oxygen atoms in total. The summed E-state index contributed by atoms with van der Waals surface area (Å²) in [5.41, 5.74) is 8.59. The maximum atomic E-state index is 5.92. The van der Waals surface area contributed by atoms with Gasteiger partial charge in [-0.15, -0.1) is 0 Å². The van der Waals surface area contributed by atoms with Gasteiger partial charge in [0.25, 0.3) is 0 Å². The molecular formula is C13H18N6. The van der Waals surface area contributed by atoms with E-state index in [9.17, 15) is 0 Å². The highest BCUT2D eigenvalue weighted by atomic mass is 15.3. The maximum absolute atomic E-state index is 5.92. The molecule has 0 aliphatic carbocycles. The van der Waals surface area contributed by atoms with Gasteiger partial charge in [0.05, 0.1) is 11.4 Å². The van der Waals surface area contributed by atoms with E-state index < -0.39 is 0 Å². The highest BCUT2D eigenvalue weighted by molar-refractivity contribution is 5.61. The summed E-state index contributed by atoms with van der Waals surface area (Å²) in [6, 6.07) is 2.37. The lowest BCUT2D eigenvalue weighted by Crippen LogP contribution is -2.39. The van der Waals surface area contributed by atoms with Crippen molar-refractivity contribution in [2.75, 3.05) is 18.0 Å². The fourth-order valence-corrected chi connectivity index (χ4v) is 2.40. The van der Waals surface area contributed by atoms with Gasteiger partial charge in [0, 0.05) is 37.6 Å². The predicted molar refractivity (Wildman–Crippen MR) is 73.8 cm³/mol. The number of aromatic amines is 1. The van der Waals surface area contributed by atoms with Crippen molar-refractivity contribution < 1.29 is 0 Å². The molecule has 0 unspecified atom stereocenters. The Morgan fingerprint density at radius 1 is 1.26 bits per heavy atom. The Morgan fingerprint density at radius 2 is 2.00 bits per heavy atom. The second-order valence-corrected chi connectivity index (χ2v) is 4.95. The molecule has 1 saturated heterocycles. The molecule has 3 N–H and O–H groups in total. The molecule has 0 amide bonds. The Balaban J connectivity index is 1.82. The van der Waals surface area contributed by atoms with Crippen LogP contribution in [0.15, 0.2) is 18.5 Å². The first-order valence-electron chi connectivity index (χ1n) is 6.58. The molecule has 1 aliphatic heterocycles. The Morgan fingerprint density at radius 3 is 2.74 bits per heavy atom. The standard InChI is InChI=1S/C13H18N6/c1-9-13(16-5-4-15-9)11-8-12(18-17-11)19-6-2-10(14)3-7-19/h4-5,8,10H,2-3,6-7,14H2,1H3,(H,17,18). The number of nitrogens with one attached hydrogen (secondary N) is 1. The van der Waals surface area contributed by atoms with E-state index in [1.165, 1.54) is 0 Å². The van der Waals surface area contributed by atoms with Crippen molar-refractivity contribution in [2.24, 2.45) is 5.73 Å². The van der Waals surface area contributed by atoms with E-state index >= 15 is 0 Å². The van der Waals surface area contributed by atoms with Crippen molar-refractivity contribution in [3.05, 3.63) is 24.2 Å². The highest BCUT2D eigenvalue weighted by Gasteiger charge is 2.19. The molecule has 6 heteroatoms. The fraction of sp³-hybridized carbons (Fsp3) is 0.462. The molecule has 0 spiro atoms. The van der Waals surface area contributed by atoms with Gasteiger partial charge in [0.1, 0.15) is 5.69 Å². The summed E-state index contributed by atoms with van der Waals surface area (Å²) in [6.07, 6.45) is 5.43. The molecule has 100 valence electrons. The quantitative estimate of drug-likeness (QED) is 0.842. The number of hydrogen-bond donors (Lipinski definition) is 2. The minimum absolute atomic E-state index is 0.330. The molecule has 1 aliphatic rings. The molecule has 0 saturated carbocycles. The Kier molecular flexibility index (Phi) is 3.16. The third-order valence-electron chi connectivity index (χ3n) is 3.56. The average Bonchev–Trinajstić information content (AvgIpc) is 2.89. The van der Waals surface area contributed by atoms with Crippen molar-refractivity contribution in [1.29, 1.82) is 0 Å². The minimum atomic E-state index is 0.330. The van der Waals surface area contributed by atoms with Gasteiger partial charge in [0.15, 0.2) is 5.82 Å². The van der Waals surface area contributed by atoms with E-state index in [4.69, 9.17) is 5.73 Å². The number of piperidine rings is 1. The monoisotopic (exact) mass is 258 g/mol. The summed E-state index contributed by atoms with van der Waals surface area (Å²) in [5, 5.41) is 7.42. The number of nitrogens with two attached hydrogens (primary N) is 1. The zero-order valence-corrected chi connectivity index (χ0v) is 11.0. The molecule has 0 atom stereocenters. The zero-order chi connectivity index (χ0) is 13.2. The second-order valence-electron chi connectivity index (χ2n) is 4.95. The highest BCUT2D eigenvalue weighted by Crippen LogP contribution is 2.23. The Bertz CT molecular complexity index is 556. The number of aryl methyl sites for hydroxylation is 1. The first-order valence-corrected chi connectivity index (χ1v) is 6.58. The largest absolute Gasteiger partial charge is 0.355 e. The number of aromatic nitrogens is 4. The van der Waals surface area contributed by atoms with E-state index in [-0.39, 0.29) is 0 Å². The Hall–Kier alpha value is -1.95. The van der Waals surface area contributed by atoms with Gasteiger partial charge < -0.3 is 10.6 Å². The maximum Gasteiger partial charge on any atom is 0.151 e. The number of nitrogens with zero attached hydrogens (tertiary/aromatic N) is 4. The normalized spacial score (nSPS) is 16.8. The van der Waals surface area contributed by atoms with Crippen LogP contribution in [0.4, 0.5) is 5.82 Å². The predicted octanol–water partition coefficient (Wildman–Crippen LogP) is 1.10. The van der Waals surface area contributed by atoms with Crippen molar-refractivity contribution in [3.8, 4) is 11.4 Å². The van der Waals surface area contributed by atoms with E-state index in [0.29, 0.717) is 6.04 Å². The van der Waals surface area contributed by atoms with Crippen LogP contribution in [0.1, 0.15) is 18.5 Å². The van der Waals surface area contributed by atoms with E-state index in [1.54, 1.807) is 12.4 Å². The topological polar surface area (TPSA) is 83.7 Å². The average molecular weight is 258 g/mol. The lowest BCUT2D eigenvalue weighted by atomic mass is 10.1. The van der Waals surface area contributed by atoms with Crippen molar-refractivity contribution in [2.45, 2.75) is 25.8 Å². The SMILES string of the molecule is Cc1nccnc1-c1cc(N2CCC(N)CC2)n[nH]1. The summed E-state index contributed by atoms with van der Waals surface area (Å²) in [5.74, 6) is 0.965. The molecule has 0 radical (unpaired) electrons. The summed E-state index contributed by atoms with van der Waals surface area (Å²) < 4.78 is 0.